The molecule has 234 valence electrons. The fraction of sp³-hybridized carbons (Fsp3) is 0.400. The lowest BCUT2D eigenvalue weighted by molar-refractivity contribution is -0.299. The quantitative estimate of drug-likeness (QED) is 0.131. The molecule has 0 spiro atoms. The lowest BCUT2D eigenvalue weighted by Crippen LogP contribution is -2.62. The highest BCUT2D eigenvalue weighted by atomic mass is 16.7. The van der Waals surface area contributed by atoms with E-state index in [9.17, 15) is 19.5 Å². The standard InChI is InChI=1S/C35H40O9/c1-2-3-4-5-6-16-23-40-35-29(36)31(44-34(39)27-21-14-9-15-22-27)30(43-33(38)26-19-12-8-13-20-26)28(42-35)24-41-32(37)25-17-10-7-11-18-25/h7-15,17-22,28-31,35-36H,2-6,16,23-24H2,1H3/t28-,29-,30-,31-,35-/m1/s1. The summed E-state index contributed by atoms with van der Waals surface area (Å²) in [5.74, 6) is -2.07. The summed E-state index contributed by atoms with van der Waals surface area (Å²) < 4.78 is 29.2. The van der Waals surface area contributed by atoms with Gasteiger partial charge in [0.2, 0.25) is 0 Å². The minimum atomic E-state index is -1.50. The molecule has 0 bridgehead atoms. The van der Waals surface area contributed by atoms with Crippen LogP contribution in [0.3, 0.4) is 0 Å². The van der Waals surface area contributed by atoms with Gasteiger partial charge in [-0.3, -0.25) is 0 Å². The molecule has 0 unspecified atom stereocenters. The van der Waals surface area contributed by atoms with Crippen LogP contribution in [-0.4, -0.2) is 66.9 Å². The van der Waals surface area contributed by atoms with Crippen LogP contribution >= 0.6 is 0 Å². The zero-order chi connectivity index (χ0) is 31.1. The monoisotopic (exact) mass is 604 g/mol. The van der Waals surface area contributed by atoms with Gasteiger partial charge in [0.25, 0.3) is 0 Å². The Morgan fingerprint density at radius 2 is 1.14 bits per heavy atom. The molecule has 4 rings (SSSR count). The molecule has 1 aliphatic heterocycles. The topological polar surface area (TPSA) is 118 Å². The number of unbranched alkanes of at least 4 members (excludes halogenated alkanes) is 5. The summed E-state index contributed by atoms with van der Waals surface area (Å²) in [6.07, 6.45) is -0.360. The fourth-order valence-corrected chi connectivity index (χ4v) is 4.87. The second-order valence-electron chi connectivity index (χ2n) is 10.6. The molecule has 9 nitrogen and oxygen atoms in total. The smallest absolute Gasteiger partial charge is 0.338 e. The number of esters is 3. The Morgan fingerprint density at radius 3 is 1.68 bits per heavy atom. The summed E-state index contributed by atoms with van der Waals surface area (Å²) in [6, 6.07) is 24.9. The molecule has 0 radical (unpaired) electrons. The van der Waals surface area contributed by atoms with Gasteiger partial charge in [0.05, 0.1) is 16.7 Å². The number of benzene rings is 3. The maximum absolute atomic E-state index is 13.2. The van der Waals surface area contributed by atoms with E-state index in [4.69, 9.17) is 23.7 Å². The van der Waals surface area contributed by atoms with E-state index in [0.29, 0.717) is 5.56 Å². The van der Waals surface area contributed by atoms with Gasteiger partial charge >= 0.3 is 17.9 Å². The Hall–Kier alpha value is -4.05. The first kappa shape index (κ1) is 32.9. The van der Waals surface area contributed by atoms with Crippen LogP contribution in [0.25, 0.3) is 0 Å². The summed E-state index contributed by atoms with van der Waals surface area (Å²) in [7, 11) is 0. The highest BCUT2D eigenvalue weighted by molar-refractivity contribution is 5.90. The average Bonchev–Trinajstić information content (AvgIpc) is 3.07. The third-order valence-electron chi connectivity index (χ3n) is 7.29. The SMILES string of the molecule is CCCCCCCCO[C@@H]1O[C@H](COC(=O)c2ccccc2)[C@@H](OC(=O)c2ccccc2)[C@H](OC(=O)c2ccccc2)[C@H]1O. The average molecular weight is 605 g/mol. The van der Waals surface area contributed by atoms with Crippen molar-refractivity contribution in [3.8, 4) is 0 Å². The van der Waals surface area contributed by atoms with Crippen LogP contribution in [0.15, 0.2) is 91.0 Å². The van der Waals surface area contributed by atoms with E-state index in [1.165, 1.54) is 6.42 Å². The number of hydrogen-bond donors (Lipinski definition) is 1. The zero-order valence-corrected chi connectivity index (χ0v) is 24.9. The van der Waals surface area contributed by atoms with E-state index >= 15 is 0 Å². The van der Waals surface area contributed by atoms with Crippen molar-refractivity contribution in [3.05, 3.63) is 108 Å². The van der Waals surface area contributed by atoms with Gasteiger partial charge in [-0.25, -0.2) is 14.4 Å². The molecule has 0 amide bonds. The van der Waals surface area contributed by atoms with Crippen molar-refractivity contribution >= 4 is 17.9 Å². The van der Waals surface area contributed by atoms with E-state index < -0.39 is 48.6 Å². The first-order chi connectivity index (χ1) is 21.5. The molecule has 1 fully saturated rings. The maximum Gasteiger partial charge on any atom is 0.338 e. The molecule has 1 N–H and O–H groups in total. The zero-order valence-electron chi connectivity index (χ0n) is 24.9. The van der Waals surface area contributed by atoms with Crippen LogP contribution < -0.4 is 0 Å². The molecule has 9 heteroatoms. The normalized spacial score (nSPS) is 21.3. The van der Waals surface area contributed by atoms with Crippen molar-refractivity contribution in [2.45, 2.75) is 76.2 Å². The van der Waals surface area contributed by atoms with Crippen LogP contribution in [0.4, 0.5) is 0 Å². The number of aliphatic hydroxyl groups is 1. The van der Waals surface area contributed by atoms with Gasteiger partial charge < -0.3 is 28.8 Å². The van der Waals surface area contributed by atoms with Gasteiger partial charge in [0.1, 0.15) is 18.8 Å². The van der Waals surface area contributed by atoms with Crippen molar-refractivity contribution in [2.24, 2.45) is 0 Å². The van der Waals surface area contributed by atoms with Crippen LogP contribution in [0.2, 0.25) is 0 Å². The van der Waals surface area contributed by atoms with E-state index in [1.54, 1.807) is 91.0 Å². The predicted octanol–water partition coefficient (Wildman–Crippen LogP) is 5.76. The van der Waals surface area contributed by atoms with E-state index in [-0.39, 0.29) is 24.3 Å². The Morgan fingerprint density at radius 1 is 0.659 bits per heavy atom. The third-order valence-corrected chi connectivity index (χ3v) is 7.29. The van der Waals surface area contributed by atoms with Gasteiger partial charge in [-0.1, -0.05) is 93.6 Å². The molecule has 1 saturated heterocycles. The molecule has 3 aromatic carbocycles. The van der Waals surface area contributed by atoms with E-state index in [2.05, 4.69) is 6.92 Å². The molecule has 1 aliphatic rings. The van der Waals surface area contributed by atoms with E-state index in [0.717, 1.165) is 32.1 Å². The Labute approximate surface area is 258 Å². The number of carbonyl (C=O) groups excluding carboxylic acids is 3. The number of carbonyl (C=O) groups is 3. The molecule has 0 aromatic heterocycles. The number of rotatable bonds is 15. The summed E-state index contributed by atoms with van der Waals surface area (Å²) in [5.41, 5.74) is 0.816. The number of aliphatic hydroxyl groups excluding tert-OH is 1. The van der Waals surface area contributed by atoms with Crippen molar-refractivity contribution in [3.63, 3.8) is 0 Å². The number of ether oxygens (including phenoxy) is 5. The molecule has 1 heterocycles. The highest BCUT2D eigenvalue weighted by Gasteiger charge is 2.51. The van der Waals surface area contributed by atoms with Crippen LogP contribution in [0.5, 0.6) is 0 Å². The molecular formula is C35H40O9. The summed E-state index contributed by atoms with van der Waals surface area (Å²) in [5, 5.41) is 11.4. The largest absolute Gasteiger partial charge is 0.459 e. The molecule has 44 heavy (non-hydrogen) atoms. The summed E-state index contributed by atoms with van der Waals surface area (Å²) >= 11 is 0. The first-order valence-electron chi connectivity index (χ1n) is 15.2. The second-order valence-corrected chi connectivity index (χ2v) is 10.6. The third kappa shape index (κ3) is 9.47. The van der Waals surface area contributed by atoms with Crippen molar-refractivity contribution < 1.29 is 43.2 Å². The minimum Gasteiger partial charge on any atom is -0.459 e. The summed E-state index contributed by atoms with van der Waals surface area (Å²) in [6.45, 7) is 2.09. The molecular weight excluding hydrogens is 564 g/mol. The molecule has 3 aromatic rings. The lowest BCUT2D eigenvalue weighted by atomic mass is 9.98. The van der Waals surface area contributed by atoms with E-state index in [1.807, 2.05) is 0 Å². The van der Waals surface area contributed by atoms with Gasteiger partial charge in [-0.15, -0.1) is 0 Å². The fourth-order valence-electron chi connectivity index (χ4n) is 4.87. The van der Waals surface area contributed by atoms with Gasteiger partial charge in [-0.05, 0) is 42.8 Å². The Bertz CT molecular complexity index is 1300. The summed E-state index contributed by atoms with van der Waals surface area (Å²) in [4.78, 5) is 39.2. The minimum absolute atomic E-state index is 0.246. The molecule has 5 atom stereocenters. The Balaban J connectivity index is 1.56. The van der Waals surface area contributed by atoms with Crippen LogP contribution in [0.1, 0.15) is 76.5 Å². The molecule has 0 saturated carbocycles. The predicted molar refractivity (Wildman–Crippen MR) is 162 cm³/mol. The van der Waals surface area contributed by atoms with Crippen molar-refractivity contribution in [1.29, 1.82) is 0 Å². The Kier molecular flexibility index (Phi) is 12.9. The lowest BCUT2D eigenvalue weighted by Gasteiger charge is -2.43. The highest BCUT2D eigenvalue weighted by Crippen LogP contribution is 2.29. The van der Waals surface area contributed by atoms with Gasteiger partial charge in [0, 0.05) is 6.61 Å². The van der Waals surface area contributed by atoms with Crippen LogP contribution in [-0.2, 0) is 23.7 Å². The number of hydrogen-bond acceptors (Lipinski definition) is 9. The van der Waals surface area contributed by atoms with Crippen LogP contribution in [0, 0.1) is 0 Å². The van der Waals surface area contributed by atoms with Crippen molar-refractivity contribution in [1.82, 2.24) is 0 Å². The van der Waals surface area contributed by atoms with Gasteiger partial charge in [0.15, 0.2) is 18.5 Å². The van der Waals surface area contributed by atoms with Gasteiger partial charge in [-0.2, -0.15) is 0 Å². The maximum atomic E-state index is 13.2. The second kappa shape index (κ2) is 17.3. The first-order valence-corrected chi connectivity index (χ1v) is 15.2. The van der Waals surface area contributed by atoms with Crippen molar-refractivity contribution in [2.75, 3.05) is 13.2 Å². The molecule has 0 aliphatic carbocycles.